The molecule has 0 amide bonds. The minimum Gasteiger partial charge on any atom is -0.197 e. The molecule has 0 aromatic rings. The third kappa shape index (κ3) is 1.63. The van der Waals surface area contributed by atoms with E-state index in [2.05, 4.69) is 12.1 Å². The van der Waals surface area contributed by atoms with Gasteiger partial charge in [-0.15, -0.1) is 0 Å². The summed E-state index contributed by atoms with van der Waals surface area (Å²) >= 11 is 0. The molecule has 0 N–H and O–H groups in total. The lowest BCUT2D eigenvalue weighted by atomic mass is 9.67. The van der Waals surface area contributed by atoms with E-state index < -0.39 is 5.41 Å². The topological polar surface area (TPSA) is 47.6 Å². The highest BCUT2D eigenvalue weighted by Gasteiger charge is 2.47. The second-order valence-corrected chi connectivity index (χ2v) is 5.06. The molecule has 2 heteroatoms. The zero-order valence-corrected chi connectivity index (χ0v) is 9.21. The lowest BCUT2D eigenvalue weighted by Gasteiger charge is -2.31. The molecule has 2 rings (SSSR count). The molecule has 2 bridgehead atoms. The van der Waals surface area contributed by atoms with Gasteiger partial charge in [-0.1, -0.05) is 25.7 Å². The Morgan fingerprint density at radius 2 is 1.07 bits per heavy atom. The first-order chi connectivity index (χ1) is 7.33. The van der Waals surface area contributed by atoms with E-state index in [1.165, 1.54) is 25.7 Å². The Bertz CT molecular complexity index is 263. The van der Waals surface area contributed by atoms with Crippen LogP contribution in [0.2, 0.25) is 0 Å². The fraction of sp³-hybridized carbons (Fsp3) is 0.846. The number of fused-ring (bicyclic) bond motifs is 2. The second-order valence-electron chi connectivity index (χ2n) is 5.06. The molecule has 2 saturated carbocycles. The molecule has 0 radical (unpaired) electrons. The molecule has 2 aliphatic rings. The highest BCUT2D eigenvalue weighted by atomic mass is 14.5. The largest absolute Gasteiger partial charge is 0.197 e. The number of hydrogen-bond acceptors (Lipinski definition) is 2. The summed E-state index contributed by atoms with van der Waals surface area (Å²) in [4.78, 5) is 0. The zero-order valence-electron chi connectivity index (χ0n) is 9.21. The van der Waals surface area contributed by atoms with Crippen molar-refractivity contribution in [3.63, 3.8) is 0 Å². The lowest BCUT2D eigenvalue weighted by molar-refractivity contribution is 0.212. The highest BCUT2D eigenvalue weighted by Crippen LogP contribution is 2.49. The summed E-state index contributed by atoms with van der Waals surface area (Å²) in [6, 6.07) is 4.78. The fourth-order valence-electron chi connectivity index (χ4n) is 3.49. The predicted molar refractivity (Wildman–Crippen MR) is 57.6 cm³/mol. The van der Waals surface area contributed by atoms with E-state index in [-0.39, 0.29) is 0 Å². The van der Waals surface area contributed by atoms with E-state index in [0.717, 1.165) is 25.7 Å². The number of nitrogens with zero attached hydrogens (tertiary/aromatic N) is 2. The van der Waals surface area contributed by atoms with Crippen molar-refractivity contribution in [2.45, 2.75) is 51.4 Å². The van der Waals surface area contributed by atoms with Gasteiger partial charge in [-0.05, 0) is 37.5 Å². The molecule has 0 aromatic heterocycles. The molecule has 0 heterocycles. The quantitative estimate of drug-likeness (QED) is 0.604. The van der Waals surface area contributed by atoms with Crippen LogP contribution in [0.3, 0.4) is 0 Å². The minimum atomic E-state index is -0.646. The van der Waals surface area contributed by atoms with Crippen LogP contribution in [-0.4, -0.2) is 0 Å². The van der Waals surface area contributed by atoms with Crippen molar-refractivity contribution < 1.29 is 0 Å². The Balaban J connectivity index is 2.38. The van der Waals surface area contributed by atoms with Crippen LogP contribution in [-0.2, 0) is 0 Å². The first kappa shape index (κ1) is 10.5. The number of rotatable bonds is 0. The molecule has 80 valence electrons. The van der Waals surface area contributed by atoms with Gasteiger partial charge in [-0.2, -0.15) is 10.5 Å². The third-order valence-electron chi connectivity index (χ3n) is 4.37. The maximum Gasteiger partial charge on any atom is 0.149 e. The average molecular weight is 202 g/mol. The fourth-order valence-corrected chi connectivity index (χ4v) is 3.49. The van der Waals surface area contributed by atoms with Crippen molar-refractivity contribution in [3.05, 3.63) is 0 Å². The summed E-state index contributed by atoms with van der Waals surface area (Å²) in [5, 5.41) is 18.8. The van der Waals surface area contributed by atoms with Crippen LogP contribution in [0, 0.1) is 39.9 Å². The normalized spacial score (nSPS) is 34.3. The summed E-state index contributed by atoms with van der Waals surface area (Å²) in [7, 11) is 0. The first-order valence-corrected chi connectivity index (χ1v) is 6.16. The van der Waals surface area contributed by atoms with Gasteiger partial charge in [0.25, 0.3) is 0 Å². The van der Waals surface area contributed by atoms with Crippen molar-refractivity contribution in [1.82, 2.24) is 0 Å². The molecule has 2 fully saturated rings. The molecule has 2 nitrogen and oxygen atoms in total. The van der Waals surface area contributed by atoms with E-state index in [1.54, 1.807) is 0 Å². The second kappa shape index (κ2) is 4.23. The molecule has 0 atom stereocenters. The average Bonchev–Trinajstić information content (AvgIpc) is 2.56. The third-order valence-corrected chi connectivity index (χ3v) is 4.37. The van der Waals surface area contributed by atoms with E-state index >= 15 is 0 Å². The smallest absolute Gasteiger partial charge is 0.149 e. The monoisotopic (exact) mass is 202 g/mol. The van der Waals surface area contributed by atoms with Gasteiger partial charge in [0.15, 0.2) is 0 Å². The van der Waals surface area contributed by atoms with E-state index in [4.69, 9.17) is 0 Å². The van der Waals surface area contributed by atoms with Gasteiger partial charge in [0.05, 0.1) is 12.1 Å². The van der Waals surface area contributed by atoms with Crippen LogP contribution in [0.5, 0.6) is 0 Å². The number of hydrogen-bond donors (Lipinski definition) is 0. The molecule has 0 saturated heterocycles. The van der Waals surface area contributed by atoms with Crippen LogP contribution in [0.4, 0.5) is 0 Å². The first-order valence-electron chi connectivity index (χ1n) is 6.16. The van der Waals surface area contributed by atoms with Crippen LogP contribution in [0.1, 0.15) is 51.4 Å². The Kier molecular flexibility index (Phi) is 2.96. The molecule has 0 aliphatic heterocycles. The molecular weight excluding hydrogens is 184 g/mol. The Hall–Kier alpha value is -1.02. The zero-order chi connectivity index (χ0) is 10.7. The summed E-state index contributed by atoms with van der Waals surface area (Å²) in [5.41, 5.74) is -0.646. The molecular formula is C13H18N2. The van der Waals surface area contributed by atoms with E-state index in [9.17, 15) is 10.5 Å². The Morgan fingerprint density at radius 3 is 1.33 bits per heavy atom. The summed E-state index contributed by atoms with van der Waals surface area (Å²) in [6.45, 7) is 0. The number of nitriles is 2. The molecule has 2 aliphatic carbocycles. The van der Waals surface area contributed by atoms with Crippen LogP contribution < -0.4 is 0 Å². The molecule has 0 aromatic carbocycles. The maximum atomic E-state index is 9.42. The summed E-state index contributed by atoms with van der Waals surface area (Å²) < 4.78 is 0. The van der Waals surface area contributed by atoms with Gasteiger partial charge in [0.1, 0.15) is 5.41 Å². The van der Waals surface area contributed by atoms with Crippen molar-refractivity contribution in [1.29, 1.82) is 10.5 Å². The van der Waals surface area contributed by atoms with Crippen molar-refractivity contribution in [3.8, 4) is 12.1 Å². The summed E-state index contributed by atoms with van der Waals surface area (Å²) in [6.07, 6.45) is 9.24. The van der Waals surface area contributed by atoms with Gasteiger partial charge in [0.2, 0.25) is 0 Å². The summed E-state index contributed by atoms with van der Waals surface area (Å²) in [5.74, 6) is 0.699. The Labute approximate surface area is 91.9 Å². The van der Waals surface area contributed by atoms with Gasteiger partial charge in [0, 0.05) is 0 Å². The minimum absolute atomic E-state index is 0.350. The van der Waals surface area contributed by atoms with Gasteiger partial charge in [-0.3, -0.25) is 0 Å². The van der Waals surface area contributed by atoms with E-state index in [1.807, 2.05) is 0 Å². The van der Waals surface area contributed by atoms with Gasteiger partial charge in [-0.25, -0.2) is 0 Å². The Morgan fingerprint density at radius 1 is 0.733 bits per heavy atom. The molecule has 15 heavy (non-hydrogen) atoms. The standard InChI is InChI=1S/C13H18N2/c14-9-13(10-15)11-5-1-2-6-12(13)8-4-3-7-11/h11-12H,1-8H2. The lowest BCUT2D eigenvalue weighted by Crippen LogP contribution is -2.33. The SMILES string of the molecule is N#CC1(C#N)C2CCCCC1CCCC2. The van der Waals surface area contributed by atoms with Gasteiger partial charge < -0.3 is 0 Å². The van der Waals surface area contributed by atoms with Crippen LogP contribution >= 0.6 is 0 Å². The highest BCUT2D eigenvalue weighted by molar-refractivity contribution is 5.20. The maximum absolute atomic E-state index is 9.42. The van der Waals surface area contributed by atoms with Crippen LogP contribution in [0.25, 0.3) is 0 Å². The van der Waals surface area contributed by atoms with E-state index in [0.29, 0.717) is 11.8 Å². The van der Waals surface area contributed by atoms with Gasteiger partial charge >= 0.3 is 0 Å². The molecule has 0 spiro atoms. The van der Waals surface area contributed by atoms with Crippen molar-refractivity contribution >= 4 is 0 Å². The predicted octanol–water partition coefficient (Wildman–Crippen LogP) is 3.40. The van der Waals surface area contributed by atoms with Crippen LogP contribution in [0.15, 0.2) is 0 Å². The molecule has 0 unspecified atom stereocenters. The van der Waals surface area contributed by atoms with Crippen molar-refractivity contribution in [2.75, 3.05) is 0 Å². The van der Waals surface area contributed by atoms with Crippen molar-refractivity contribution in [2.24, 2.45) is 17.3 Å².